The van der Waals surface area contributed by atoms with Gasteiger partial charge in [-0.3, -0.25) is 19.8 Å². The molecule has 2 fully saturated rings. The predicted molar refractivity (Wildman–Crippen MR) is 143 cm³/mol. The fourth-order valence-corrected chi connectivity index (χ4v) is 5.67. The highest BCUT2D eigenvalue weighted by Crippen LogP contribution is 2.37. The van der Waals surface area contributed by atoms with Crippen molar-refractivity contribution in [1.82, 2.24) is 19.8 Å². The Bertz CT molecular complexity index is 1260. The van der Waals surface area contributed by atoms with E-state index in [-0.39, 0.29) is 35.6 Å². The summed E-state index contributed by atoms with van der Waals surface area (Å²) in [5, 5.41) is 6.03. The van der Waals surface area contributed by atoms with E-state index in [2.05, 4.69) is 32.2 Å². The van der Waals surface area contributed by atoms with Crippen LogP contribution in [0.1, 0.15) is 74.3 Å². The van der Waals surface area contributed by atoms with Crippen LogP contribution in [0.15, 0.2) is 42.5 Å². The van der Waals surface area contributed by atoms with Crippen LogP contribution in [0.25, 0.3) is 11.0 Å². The zero-order valence-electron chi connectivity index (χ0n) is 21.7. The third-order valence-corrected chi connectivity index (χ3v) is 7.55. The molecule has 0 unspecified atom stereocenters. The van der Waals surface area contributed by atoms with Crippen molar-refractivity contribution in [2.45, 2.75) is 71.0 Å². The van der Waals surface area contributed by atoms with Crippen LogP contribution in [0, 0.1) is 11.7 Å². The van der Waals surface area contributed by atoms with E-state index < -0.39 is 0 Å². The second-order valence-electron chi connectivity index (χ2n) is 10.7. The Kier molecular flexibility index (Phi) is 7.55. The number of hydrogen-bond donors (Lipinski definition) is 2. The van der Waals surface area contributed by atoms with E-state index in [1.807, 2.05) is 19.9 Å². The van der Waals surface area contributed by atoms with Gasteiger partial charge in [0.25, 0.3) is 5.91 Å². The highest BCUT2D eigenvalue weighted by molar-refractivity contribution is 6.04. The molecule has 37 heavy (non-hydrogen) atoms. The molecular weight excluding hydrogens is 469 g/mol. The summed E-state index contributed by atoms with van der Waals surface area (Å²) in [4.78, 5) is 32.9. The maximum Gasteiger partial charge on any atom is 0.257 e. The minimum atomic E-state index is -0.382. The first-order valence-corrected chi connectivity index (χ1v) is 13.5. The fraction of sp³-hybridized carbons (Fsp3) is 0.483. The first kappa shape index (κ1) is 25.4. The molecule has 0 spiro atoms. The summed E-state index contributed by atoms with van der Waals surface area (Å²) in [6.07, 6.45) is 5.74. The van der Waals surface area contributed by atoms with E-state index in [0.717, 1.165) is 56.4 Å². The number of halogens is 1. The number of aromatic nitrogens is 2. The van der Waals surface area contributed by atoms with Gasteiger partial charge in [-0.05, 0) is 107 Å². The highest BCUT2D eigenvalue weighted by Gasteiger charge is 2.30. The quantitative estimate of drug-likeness (QED) is 0.458. The summed E-state index contributed by atoms with van der Waals surface area (Å²) in [6.45, 7) is 7.12. The van der Waals surface area contributed by atoms with E-state index in [9.17, 15) is 14.0 Å². The molecule has 5 rings (SSSR count). The molecule has 3 aromatic rings. The van der Waals surface area contributed by atoms with E-state index in [1.54, 1.807) is 0 Å². The topological polar surface area (TPSA) is 79.3 Å². The third kappa shape index (κ3) is 5.85. The molecule has 7 nitrogen and oxygen atoms in total. The molecule has 2 heterocycles. The van der Waals surface area contributed by atoms with E-state index in [1.165, 1.54) is 42.7 Å². The Morgan fingerprint density at radius 1 is 1.03 bits per heavy atom. The molecule has 8 heteroatoms. The van der Waals surface area contributed by atoms with E-state index in [4.69, 9.17) is 4.98 Å². The minimum Gasteiger partial charge on any atom is -0.354 e. The molecule has 0 atom stereocenters. The van der Waals surface area contributed by atoms with Gasteiger partial charge >= 0.3 is 0 Å². The molecule has 1 aliphatic carbocycles. The maximum absolute atomic E-state index is 13.4. The lowest BCUT2D eigenvalue weighted by atomic mass is 9.85. The number of likely N-dealkylation sites (tertiary alicyclic amines) is 1. The van der Waals surface area contributed by atoms with E-state index in [0.29, 0.717) is 11.5 Å². The van der Waals surface area contributed by atoms with Crippen molar-refractivity contribution in [1.29, 1.82) is 0 Å². The van der Waals surface area contributed by atoms with Crippen molar-refractivity contribution in [3.63, 3.8) is 0 Å². The first-order chi connectivity index (χ1) is 17.9. The van der Waals surface area contributed by atoms with Gasteiger partial charge in [0.1, 0.15) is 5.82 Å². The van der Waals surface area contributed by atoms with Gasteiger partial charge in [0.15, 0.2) is 0 Å². The number of amides is 2. The predicted octanol–water partition coefficient (Wildman–Crippen LogP) is 5.28. The summed E-state index contributed by atoms with van der Waals surface area (Å²) in [7, 11) is 0. The van der Waals surface area contributed by atoms with Crippen molar-refractivity contribution in [3.8, 4) is 0 Å². The van der Waals surface area contributed by atoms with Gasteiger partial charge in [0.05, 0.1) is 11.0 Å². The number of benzene rings is 2. The van der Waals surface area contributed by atoms with Crippen molar-refractivity contribution in [3.05, 3.63) is 59.4 Å². The lowest BCUT2D eigenvalue weighted by Gasteiger charge is -2.30. The molecule has 2 N–H and O–H groups in total. The van der Waals surface area contributed by atoms with Gasteiger partial charge in [-0.25, -0.2) is 9.37 Å². The van der Waals surface area contributed by atoms with Crippen LogP contribution in [-0.4, -0.2) is 45.4 Å². The molecule has 1 aliphatic heterocycles. The van der Waals surface area contributed by atoms with Crippen LogP contribution in [0.5, 0.6) is 0 Å². The highest BCUT2D eigenvalue weighted by atomic mass is 19.1. The normalized spacial score (nSPS) is 20.4. The third-order valence-electron chi connectivity index (χ3n) is 7.55. The lowest BCUT2D eigenvalue weighted by Crippen LogP contribution is -2.37. The zero-order valence-corrected chi connectivity index (χ0v) is 21.7. The van der Waals surface area contributed by atoms with Crippen molar-refractivity contribution in [2.75, 3.05) is 18.4 Å². The summed E-state index contributed by atoms with van der Waals surface area (Å²) >= 11 is 0. The van der Waals surface area contributed by atoms with Crippen molar-refractivity contribution < 1.29 is 14.0 Å². The summed E-state index contributed by atoms with van der Waals surface area (Å²) in [5.74, 6) is -0.0674. The Labute approximate surface area is 217 Å². The number of fused-ring (bicyclic) bond motifs is 1. The molecule has 1 saturated carbocycles. The average Bonchev–Trinajstić information content (AvgIpc) is 3.51. The van der Waals surface area contributed by atoms with E-state index >= 15 is 0 Å². The van der Waals surface area contributed by atoms with Gasteiger partial charge in [0.2, 0.25) is 11.9 Å². The Morgan fingerprint density at radius 2 is 1.73 bits per heavy atom. The van der Waals surface area contributed by atoms with Crippen LogP contribution >= 0.6 is 0 Å². The standard InChI is InChI=1S/C29H36FN5O2/c1-19(2)31-27(36)22-8-12-24(13-9-22)35-26-17-20(18-34-15-3-4-16-34)5-14-25(26)32-29(35)33-28(37)21-6-10-23(30)11-7-21/h5-7,10-11,14,17,19,22,24H,3-4,8-9,12-13,15-16,18H2,1-2H3,(H,31,36)(H,32,33,37). The number of imidazole rings is 1. The number of hydrogen-bond acceptors (Lipinski definition) is 4. The van der Waals surface area contributed by atoms with Crippen LogP contribution in [0.2, 0.25) is 0 Å². The average molecular weight is 506 g/mol. The van der Waals surface area contributed by atoms with Gasteiger partial charge in [-0.1, -0.05) is 6.07 Å². The largest absolute Gasteiger partial charge is 0.354 e. The van der Waals surface area contributed by atoms with Crippen molar-refractivity contribution in [2.24, 2.45) is 5.92 Å². The molecule has 2 amide bonds. The van der Waals surface area contributed by atoms with Crippen molar-refractivity contribution >= 4 is 28.8 Å². The number of carbonyl (C=O) groups is 2. The number of rotatable bonds is 7. The SMILES string of the molecule is CC(C)NC(=O)C1CCC(n2c(NC(=O)c3ccc(F)cc3)nc3ccc(CN4CCCC4)cc32)CC1. The molecular formula is C29H36FN5O2. The van der Waals surface area contributed by atoms with Gasteiger partial charge in [0, 0.05) is 30.1 Å². The fourth-order valence-electron chi connectivity index (χ4n) is 5.67. The number of nitrogens with one attached hydrogen (secondary N) is 2. The summed E-state index contributed by atoms with van der Waals surface area (Å²) in [6, 6.07) is 12.1. The molecule has 0 bridgehead atoms. The maximum atomic E-state index is 13.4. The molecule has 2 aromatic carbocycles. The van der Waals surface area contributed by atoms with Gasteiger partial charge < -0.3 is 9.88 Å². The molecule has 1 saturated heterocycles. The van der Waals surface area contributed by atoms with Crippen LogP contribution in [0.3, 0.4) is 0 Å². The zero-order chi connectivity index (χ0) is 25.9. The molecule has 0 radical (unpaired) electrons. The van der Waals surface area contributed by atoms with Crippen LogP contribution < -0.4 is 10.6 Å². The summed E-state index contributed by atoms with van der Waals surface area (Å²) < 4.78 is 15.5. The van der Waals surface area contributed by atoms with Crippen LogP contribution in [0.4, 0.5) is 10.3 Å². The number of carbonyl (C=O) groups excluding carboxylic acids is 2. The van der Waals surface area contributed by atoms with Crippen LogP contribution in [-0.2, 0) is 11.3 Å². The number of nitrogens with zero attached hydrogens (tertiary/aromatic N) is 3. The smallest absolute Gasteiger partial charge is 0.257 e. The molecule has 196 valence electrons. The first-order valence-electron chi connectivity index (χ1n) is 13.5. The Morgan fingerprint density at radius 3 is 2.41 bits per heavy atom. The monoisotopic (exact) mass is 505 g/mol. The Balaban J connectivity index is 1.43. The molecule has 1 aromatic heterocycles. The molecule has 2 aliphatic rings. The van der Waals surface area contributed by atoms with Gasteiger partial charge in [-0.2, -0.15) is 0 Å². The second-order valence-corrected chi connectivity index (χ2v) is 10.7. The Hall–Kier alpha value is -3.26. The number of anilines is 1. The van der Waals surface area contributed by atoms with Gasteiger partial charge in [-0.15, -0.1) is 0 Å². The second kappa shape index (κ2) is 11.0. The minimum absolute atomic E-state index is 0.0106. The lowest BCUT2D eigenvalue weighted by molar-refractivity contribution is -0.126. The summed E-state index contributed by atoms with van der Waals surface area (Å²) in [5.41, 5.74) is 3.45.